The van der Waals surface area contributed by atoms with Gasteiger partial charge in [0.05, 0.1) is 49.2 Å². The van der Waals surface area contributed by atoms with Gasteiger partial charge in [0.1, 0.15) is 34.7 Å². The molecular formula is C82H114Cl5N9O10. The highest BCUT2D eigenvalue weighted by molar-refractivity contribution is 6.31. The molecule has 5 aromatic carbocycles. The van der Waals surface area contributed by atoms with Crippen LogP contribution in [-0.2, 0) is 47.9 Å². The lowest BCUT2D eigenvalue weighted by Gasteiger charge is -2.36. The largest absolute Gasteiger partial charge is 0.358 e. The molecule has 106 heavy (non-hydrogen) atoms. The van der Waals surface area contributed by atoms with Gasteiger partial charge in [-0.1, -0.05) is 188 Å². The smallest absolute Gasteiger partial charge is 0.236 e. The zero-order valence-corrected chi connectivity index (χ0v) is 68.6. The molecular weight excluding hydrogens is 1450 g/mol. The van der Waals surface area contributed by atoms with E-state index in [0.29, 0.717) is 57.8 Å². The number of hydrogen-bond donors (Lipinski definition) is 4. The number of rotatable bonds is 31. The molecule has 5 aromatic rings. The van der Waals surface area contributed by atoms with Gasteiger partial charge in [-0.3, -0.25) is 57.7 Å². The number of nitrogens with one attached hydrogen (secondary N) is 4. The van der Waals surface area contributed by atoms with E-state index in [-0.39, 0.29) is 137 Å². The van der Waals surface area contributed by atoms with Crippen LogP contribution in [0.15, 0.2) is 121 Å². The second-order valence-electron chi connectivity index (χ2n) is 28.5. The highest BCUT2D eigenvalue weighted by Crippen LogP contribution is 2.29. The van der Waals surface area contributed by atoms with Gasteiger partial charge in [0.15, 0.2) is 0 Å². The summed E-state index contributed by atoms with van der Waals surface area (Å²) in [6.45, 7) is 33.5. The molecule has 4 amide bonds. The lowest BCUT2D eigenvalue weighted by Crippen LogP contribution is -2.49. The molecule has 5 atom stereocenters. The van der Waals surface area contributed by atoms with E-state index < -0.39 is 0 Å². The summed E-state index contributed by atoms with van der Waals surface area (Å²) >= 11 is 29.5. The van der Waals surface area contributed by atoms with Crippen LogP contribution in [0.1, 0.15) is 147 Å². The zero-order valence-electron chi connectivity index (χ0n) is 64.8. The van der Waals surface area contributed by atoms with Crippen molar-refractivity contribution < 1.29 is 47.9 Å². The molecule has 0 saturated carbocycles. The predicted octanol–water partition coefficient (Wildman–Crippen LogP) is 12.8. The predicted molar refractivity (Wildman–Crippen MR) is 430 cm³/mol. The fraction of sp³-hybridized carbons (Fsp3) is 0.512. The van der Waals surface area contributed by atoms with Crippen molar-refractivity contribution >= 4 is 116 Å². The number of amides is 4. The van der Waals surface area contributed by atoms with Crippen molar-refractivity contribution in [3.8, 4) is 0 Å². The summed E-state index contributed by atoms with van der Waals surface area (Å²) in [7, 11) is 5.00. The number of benzene rings is 5. The number of likely N-dealkylation sites (N-methyl/N-ethyl adjacent to an activating group) is 2. The van der Waals surface area contributed by atoms with Gasteiger partial charge in [-0.2, -0.15) is 0 Å². The first kappa shape index (κ1) is 93.5. The molecule has 582 valence electrons. The topological polar surface area (TPSA) is 235 Å². The number of carbonyl (C=O) groups is 10. The molecule has 2 aliphatic rings. The zero-order chi connectivity index (χ0) is 79.5. The third kappa shape index (κ3) is 33.8. The van der Waals surface area contributed by atoms with Crippen LogP contribution in [0.3, 0.4) is 0 Å². The molecule has 24 heteroatoms. The van der Waals surface area contributed by atoms with Crippen LogP contribution in [-0.4, -0.2) is 209 Å². The van der Waals surface area contributed by atoms with Crippen molar-refractivity contribution in [2.24, 2.45) is 29.6 Å². The van der Waals surface area contributed by atoms with E-state index in [1.807, 2.05) is 164 Å². The molecule has 2 fully saturated rings. The molecule has 2 saturated heterocycles. The molecule has 0 aliphatic carbocycles. The Morgan fingerprint density at radius 2 is 0.575 bits per heavy atom. The lowest BCUT2D eigenvalue weighted by molar-refractivity contribution is -0.131. The van der Waals surface area contributed by atoms with E-state index >= 15 is 0 Å². The first-order valence-electron chi connectivity index (χ1n) is 36.4. The van der Waals surface area contributed by atoms with Crippen LogP contribution in [0.2, 0.25) is 25.1 Å². The van der Waals surface area contributed by atoms with Crippen molar-refractivity contribution in [2.45, 2.75) is 120 Å². The summed E-state index contributed by atoms with van der Waals surface area (Å²) in [6.07, 6.45) is 0. The number of nitrogens with zero attached hydrogens (tertiary/aromatic N) is 5. The quantitative estimate of drug-likeness (QED) is 0.0323. The maximum atomic E-state index is 12.7. The van der Waals surface area contributed by atoms with Crippen LogP contribution in [0, 0.1) is 29.6 Å². The molecule has 0 radical (unpaired) electrons. The monoisotopic (exact) mass is 1560 g/mol. The standard InChI is InChI=1S/2C18H25ClN2O2.C16H23ClN2O2.C15H21ClN2O2.C15H20ClNO2/c2*1-13(2)18(23)17(15-4-6-16(19)7-5-15)12-20-8-10-21(11-9-20)14(3)22;1-11(2)16(21)14(9-18-10-15(20)19(3)4)12-5-7-13(17)8-6-12;1-10(2)15(20)13(8-18-9-14(19)17-3)11-4-6-12(16)7-5-11;1-10(2)15(19)14(9-17-8-11(3)18)12-4-6-13(16)7-5-12/h2*4-7,13,17H,8-12H2,1-3H3;5-8,11,14,18H,9-10H2,1-4H3;4-7,10,13,18H,8-9H2,1-3H3,(H,17,19);4-7,10,14,17H,8-9H2,1-3H3/t2*17-;14-;13-;14-/m10111/s1. The summed E-state index contributed by atoms with van der Waals surface area (Å²) in [6, 6.07) is 37.0. The van der Waals surface area contributed by atoms with Gasteiger partial charge in [-0.25, -0.2) is 0 Å². The Bertz CT molecular complexity index is 3460. The number of carbonyl (C=O) groups excluding carboxylic acids is 10. The maximum absolute atomic E-state index is 12.7. The van der Waals surface area contributed by atoms with Crippen LogP contribution in [0.4, 0.5) is 0 Å². The molecule has 2 aliphatic heterocycles. The summed E-state index contributed by atoms with van der Waals surface area (Å²) < 4.78 is 0. The average Bonchev–Trinajstić information content (AvgIpc) is 0.856. The number of piperazine rings is 2. The number of Topliss-reactive ketones (excluding diaryl/α,β-unsaturated/α-hetero) is 6. The minimum absolute atomic E-state index is 0.00538. The van der Waals surface area contributed by atoms with E-state index in [2.05, 4.69) is 31.1 Å². The van der Waals surface area contributed by atoms with Gasteiger partial charge in [-0.15, -0.1) is 0 Å². The summed E-state index contributed by atoms with van der Waals surface area (Å²) in [4.78, 5) is 129. The summed E-state index contributed by atoms with van der Waals surface area (Å²) in [5.74, 6) is -0.0597. The second kappa shape index (κ2) is 48.6. The SMILES string of the molecule is CC(=O)CNC[C@@H](C(=O)C(C)C)c1ccc(Cl)cc1.CC(=O)N1CCN(C[C@@H](C(=O)C(C)C)c2ccc(Cl)cc2)CC1.CC(=O)N1CCN(C[C@H](C(=O)C(C)C)c2ccc(Cl)cc2)CC1.CC(C)C(=O)[C@H](CNCC(=O)N(C)C)c1ccc(Cl)cc1.CNC(=O)CNC[C@@H](C(=O)C(C)C)c1ccc(Cl)cc1. The molecule has 7 rings (SSSR count). The van der Waals surface area contributed by atoms with E-state index in [1.54, 1.807) is 71.4 Å². The Hall–Kier alpha value is -6.75. The van der Waals surface area contributed by atoms with Gasteiger partial charge < -0.3 is 36.0 Å². The normalized spacial score (nSPS) is 14.5. The Morgan fingerprint density at radius 1 is 0.349 bits per heavy atom. The highest BCUT2D eigenvalue weighted by atomic mass is 35.5. The van der Waals surface area contributed by atoms with E-state index in [0.717, 1.165) is 80.2 Å². The third-order valence-electron chi connectivity index (χ3n) is 18.2. The molecule has 0 aromatic heterocycles. The first-order valence-corrected chi connectivity index (χ1v) is 38.3. The van der Waals surface area contributed by atoms with Gasteiger partial charge in [0, 0.05) is 175 Å². The van der Waals surface area contributed by atoms with E-state index in [9.17, 15) is 47.9 Å². The van der Waals surface area contributed by atoms with E-state index in [4.69, 9.17) is 58.0 Å². The number of ketones is 6. The minimum atomic E-state index is -0.267. The van der Waals surface area contributed by atoms with Crippen molar-refractivity contribution in [1.82, 2.24) is 45.8 Å². The Labute approximate surface area is 655 Å². The molecule has 19 nitrogen and oxygen atoms in total. The average molecular weight is 1560 g/mol. The third-order valence-corrected chi connectivity index (χ3v) is 19.5. The number of hydrogen-bond acceptors (Lipinski definition) is 15. The Balaban J connectivity index is 0.000000345. The van der Waals surface area contributed by atoms with Crippen LogP contribution in [0.25, 0.3) is 0 Å². The van der Waals surface area contributed by atoms with Gasteiger partial charge in [0.2, 0.25) is 23.6 Å². The fourth-order valence-electron chi connectivity index (χ4n) is 11.7. The van der Waals surface area contributed by atoms with Crippen LogP contribution < -0.4 is 21.3 Å². The van der Waals surface area contributed by atoms with Gasteiger partial charge in [0.25, 0.3) is 0 Å². The molecule has 4 N–H and O–H groups in total. The minimum Gasteiger partial charge on any atom is -0.358 e. The Morgan fingerprint density at radius 3 is 0.792 bits per heavy atom. The van der Waals surface area contributed by atoms with Crippen molar-refractivity contribution in [2.75, 3.05) is 126 Å². The van der Waals surface area contributed by atoms with Crippen LogP contribution in [0.5, 0.6) is 0 Å². The molecule has 2 heterocycles. The summed E-state index contributed by atoms with van der Waals surface area (Å²) in [5.41, 5.74) is 4.80. The lowest BCUT2D eigenvalue weighted by atomic mass is 9.88. The van der Waals surface area contributed by atoms with Crippen LogP contribution >= 0.6 is 58.0 Å². The highest BCUT2D eigenvalue weighted by Gasteiger charge is 2.31. The van der Waals surface area contributed by atoms with Gasteiger partial charge in [-0.05, 0) is 95.4 Å². The number of halogens is 5. The van der Waals surface area contributed by atoms with Gasteiger partial charge >= 0.3 is 0 Å². The molecule has 0 spiro atoms. The second-order valence-corrected chi connectivity index (χ2v) is 30.7. The molecule has 0 bridgehead atoms. The maximum Gasteiger partial charge on any atom is 0.236 e. The van der Waals surface area contributed by atoms with Crippen molar-refractivity contribution in [3.63, 3.8) is 0 Å². The first-order chi connectivity index (χ1) is 49.9. The van der Waals surface area contributed by atoms with Crippen molar-refractivity contribution in [1.29, 1.82) is 0 Å². The van der Waals surface area contributed by atoms with Crippen molar-refractivity contribution in [3.05, 3.63) is 174 Å². The van der Waals surface area contributed by atoms with E-state index in [1.165, 1.54) is 11.8 Å². The summed E-state index contributed by atoms with van der Waals surface area (Å²) in [5, 5.41) is 14.9. The fourth-order valence-corrected chi connectivity index (χ4v) is 12.3. The molecule has 0 unspecified atom stereocenters. The Kier molecular flexibility index (Phi) is 42.9.